The monoisotopic (exact) mass is 391 g/mol. The van der Waals surface area contributed by atoms with Crippen molar-refractivity contribution in [2.24, 2.45) is 0 Å². The Kier molecular flexibility index (Phi) is 4.05. The van der Waals surface area contributed by atoms with Crippen LogP contribution in [-0.4, -0.2) is 34.6 Å². The Labute approximate surface area is 167 Å². The lowest BCUT2D eigenvalue weighted by molar-refractivity contribution is -0.116. The van der Waals surface area contributed by atoms with Gasteiger partial charge in [0.15, 0.2) is 5.78 Å². The number of carbonyl (C=O) groups excluding carboxylic acids is 1. The van der Waals surface area contributed by atoms with Crippen LogP contribution in [0.3, 0.4) is 0 Å². The second-order valence-electron chi connectivity index (χ2n) is 7.48. The Hall–Kier alpha value is -2.93. The van der Waals surface area contributed by atoms with Gasteiger partial charge < -0.3 is 10.2 Å². The van der Waals surface area contributed by atoms with Gasteiger partial charge in [0.2, 0.25) is 5.95 Å². The first-order valence-corrected chi connectivity index (χ1v) is 10.2. The van der Waals surface area contributed by atoms with Crippen LogP contribution in [0, 0.1) is 0 Å². The van der Waals surface area contributed by atoms with Gasteiger partial charge in [-0.25, -0.2) is 4.68 Å². The minimum absolute atomic E-state index is 0.190. The number of aromatic nitrogens is 3. The van der Waals surface area contributed by atoms with Crippen molar-refractivity contribution in [1.82, 2.24) is 14.8 Å². The summed E-state index contributed by atoms with van der Waals surface area (Å²) in [5.41, 5.74) is 3.98. The first kappa shape index (κ1) is 17.2. The highest BCUT2D eigenvalue weighted by atomic mass is 32.1. The summed E-state index contributed by atoms with van der Waals surface area (Å²) in [5, 5.41) is 9.86. The molecule has 2 aliphatic rings. The van der Waals surface area contributed by atoms with Crippen molar-refractivity contribution in [1.29, 1.82) is 0 Å². The first-order valence-electron chi connectivity index (χ1n) is 9.35. The summed E-state index contributed by atoms with van der Waals surface area (Å²) < 4.78 is 1.83. The van der Waals surface area contributed by atoms with Gasteiger partial charge in [0.05, 0.1) is 0 Å². The number of ketones is 1. The first-order chi connectivity index (χ1) is 13.6. The summed E-state index contributed by atoms with van der Waals surface area (Å²) in [7, 11) is 4.04. The third-order valence-corrected chi connectivity index (χ3v) is 6.57. The molecule has 0 unspecified atom stereocenters. The molecule has 1 aliphatic carbocycles. The van der Waals surface area contributed by atoms with Gasteiger partial charge in [-0.15, -0.1) is 11.3 Å². The van der Waals surface area contributed by atoms with Gasteiger partial charge in [-0.05, 0) is 35.6 Å². The van der Waals surface area contributed by atoms with E-state index < -0.39 is 0 Å². The van der Waals surface area contributed by atoms with Crippen LogP contribution in [0.25, 0.3) is 0 Å². The number of Topliss-reactive ketones (excluding diaryl/α,β-unsaturated/α-hetero) is 1. The van der Waals surface area contributed by atoms with E-state index in [0.29, 0.717) is 12.4 Å². The van der Waals surface area contributed by atoms with E-state index in [1.807, 2.05) is 18.8 Å². The summed E-state index contributed by atoms with van der Waals surface area (Å²) in [6.07, 6.45) is 2.90. The van der Waals surface area contributed by atoms with Gasteiger partial charge in [0.1, 0.15) is 12.4 Å². The Bertz CT molecular complexity index is 1050. The van der Waals surface area contributed by atoms with Crippen molar-refractivity contribution >= 4 is 28.8 Å². The van der Waals surface area contributed by atoms with Gasteiger partial charge in [-0.2, -0.15) is 10.1 Å². The van der Waals surface area contributed by atoms with Gasteiger partial charge in [0.25, 0.3) is 0 Å². The molecule has 2 atom stereocenters. The Morgan fingerprint density at radius 3 is 2.71 bits per heavy atom. The second kappa shape index (κ2) is 6.60. The van der Waals surface area contributed by atoms with Gasteiger partial charge in [-0.3, -0.25) is 4.79 Å². The third kappa shape index (κ3) is 2.74. The molecule has 7 heteroatoms. The fraction of sp³-hybridized carbons (Fsp3) is 0.286. The Morgan fingerprint density at radius 2 is 2.00 bits per heavy atom. The third-order valence-electron chi connectivity index (χ3n) is 5.53. The van der Waals surface area contributed by atoms with E-state index in [0.717, 1.165) is 28.9 Å². The maximum Gasteiger partial charge on any atom is 0.226 e. The smallest absolute Gasteiger partial charge is 0.226 e. The molecule has 3 heterocycles. The summed E-state index contributed by atoms with van der Waals surface area (Å²) in [4.78, 5) is 21.0. The summed E-state index contributed by atoms with van der Waals surface area (Å²) in [6.45, 7) is 0. The van der Waals surface area contributed by atoms with E-state index in [-0.39, 0.29) is 17.7 Å². The molecule has 0 amide bonds. The van der Waals surface area contributed by atoms with Crippen LogP contribution in [0.5, 0.6) is 0 Å². The van der Waals surface area contributed by atoms with Gasteiger partial charge >= 0.3 is 0 Å². The standard InChI is InChI=1S/C21H21N5OS/c1-25(2)15-7-5-13(6-8-15)20-19-16(24-21-22-12-23-26(20)21)10-14(11-17(19)27)18-4-3-9-28-18/h3-9,12,14,20H,10-11H2,1-2H3,(H,22,23,24)/t14-,20-/m0/s1. The quantitative estimate of drug-likeness (QED) is 0.735. The number of thiophene rings is 1. The van der Waals surface area contributed by atoms with Crippen LogP contribution in [0.1, 0.15) is 35.2 Å². The number of hydrogen-bond donors (Lipinski definition) is 1. The van der Waals surface area contributed by atoms with E-state index in [4.69, 9.17) is 0 Å². The zero-order valence-electron chi connectivity index (χ0n) is 15.8. The number of carbonyl (C=O) groups is 1. The average molecular weight is 392 g/mol. The Balaban J connectivity index is 1.58. The highest BCUT2D eigenvalue weighted by Crippen LogP contribution is 2.44. The molecule has 0 saturated heterocycles. The van der Waals surface area contributed by atoms with Crippen LogP contribution in [0.2, 0.25) is 0 Å². The molecule has 0 radical (unpaired) electrons. The van der Waals surface area contributed by atoms with Crippen LogP contribution in [0.15, 0.2) is 59.4 Å². The van der Waals surface area contributed by atoms with E-state index >= 15 is 0 Å². The van der Waals surface area contributed by atoms with E-state index in [1.165, 1.54) is 4.88 Å². The van der Waals surface area contributed by atoms with E-state index in [2.05, 4.69) is 62.1 Å². The summed E-state index contributed by atoms with van der Waals surface area (Å²) in [5.74, 6) is 1.11. The van der Waals surface area contributed by atoms with E-state index in [9.17, 15) is 4.79 Å². The van der Waals surface area contributed by atoms with Crippen molar-refractivity contribution in [2.75, 3.05) is 24.3 Å². The van der Waals surface area contributed by atoms with Crippen molar-refractivity contribution in [3.8, 4) is 0 Å². The number of nitrogens with zero attached hydrogens (tertiary/aromatic N) is 4. The summed E-state index contributed by atoms with van der Waals surface area (Å²) in [6, 6.07) is 12.3. The number of fused-ring (bicyclic) bond motifs is 1. The topological polar surface area (TPSA) is 63.1 Å². The zero-order valence-corrected chi connectivity index (χ0v) is 16.6. The largest absolute Gasteiger partial charge is 0.378 e. The average Bonchev–Trinajstić information content (AvgIpc) is 3.38. The number of benzene rings is 1. The lowest BCUT2D eigenvalue weighted by atomic mass is 9.80. The minimum Gasteiger partial charge on any atom is -0.378 e. The molecule has 0 saturated carbocycles. The maximum absolute atomic E-state index is 13.3. The fourth-order valence-electron chi connectivity index (χ4n) is 4.14. The van der Waals surface area contributed by atoms with Crippen molar-refractivity contribution in [2.45, 2.75) is 24.8 Å². The SMILES string of the molecule is CN(C)c1ccc([C@H]2C3=C(C[C@H](c4cccs4)CC3=O)Nc3ncnn32)cc1. The molecule has 28 heavy (non-hydrogen) atoms. The van der Waals surface area contributed by atoms with Gasteiger partial charge in [-0.1, -0.05) is 18.2 Å². The zero-order chi connectivity index (χ0) is 19.3. The number of allylic oxidation sites excluding steroid dienone is 2. The van der Waals surface area contributed by atoms with Crippen molar-refractivity contribution < 1.29 is 4.79 Å². The lowest BCUT2D eigenvalue weighted by Crippen LogP contribution is -2.33. The Morgan fingerprint density at radius 1 is 1.18 bits per heavy atom. The number of hydrogen-bond acceptors (Lipinski definition) is 6. The molecule has 1 N–H and O–H groups in total. The van der Waals surface area contributed by atoms with Crippen molar-refractivity contribution in [3.63, 3.8) is 0 Å². The minimum atomic E-state index is -0.234. The molecule has 2 aromatic heterocycles. The molecule has 5 rings (SSSR count). The number of anilines is 2. The molecule has 3 aromatic rings. The molecular formula is C21H21N5OS. The normalized spacial score (nSPS) is 21.1. The van der Waals surface area contributed by atoms with Crippen LogP contribution < -0.4 is 10.2 Å². The predicted molar refractivity (Wildman–Crippen MR) is 111 cm³/mol. The fourth-order valence-corrected chi connectivity index (χ4v) is 4.97. The molecule has 0 fully saturated rings. The van der Waals surface area contributed by atoms with E-state index in [1.54, 1.807) is 17.7 Å². The molecule has 6 nitrogen and oxygen atoms in total. The van der Waals surface area contributed by atoms with Crippen LogP contribution >= 0.6 is 11.3 Å². The van der Waals surface area contributed by atoms with Crippen LogP contribution in [-0.2, 0) is 4.79 Å². The molecule has 142 valence electrons. The molecule has 0 bridgehead atoms. The lowest BCUT2D eigenvalue weighted by Gasteiger charge is -2.35. The summed E-state index contributed by atoms with van der Waals surface area (Å²) >= 11 is 1.72. The van der Waals surface area contributed by atoms with Crippen molar-refractivity contribution in [3.05, 3.63) is 69.8 Å². The highest BCUT2D eigenvalue weighted by molar-refractivity contribution is 7.10. The predicted octanol–water partition coefficient (Wildman–Crippen LogP) is 3.82. The highest BCUT2D eigenvalue weighted by Gasteiger charge is 2.39. The molecule has 1 aromatic carbocycles. The number of nitrogens with one attached hydrogen (secondary N) is 1. The maximum atomic E-state index is 13.3. The second-order valence-corrected chi connectivity index (χ2v) is 8.46. The van der Waals surface area contributed by atoms with Crippen LogP contribution in [0.4, 0.5) is 11.6 Å². The molecular weight excluding hydrogens is 370 g/mol. The molecule has 0 spiro atoms. The number of rotatable bonds is 3. The molecule has 1 aliphatic heterocycles. The van der Waals surface area contributed by atoms with Gasteiger partial charge in [0, 0.05) is 48.3 Å².